The number of hydrogen-bond donors (Lipinski definition) is 2. The van der Waals surface area contributed by atoms with E-state index in [2.05, 4.69) is 19.2 Å². The number of nitrogens with two attached hydrogens (primary N) is 1. The molecular formula is C15H32N2. The van der Waals surface area contributed by atoms with Crippen LogP contribution in [0, 0.1) is 5.41 Å². The Labute approximate surface area is 108 Å². The van der Waals surface area contributed by atoms with Gasteiger partial charge < -0.3 is 11.1 Å². The van der Waals surface area contributed by atoms with Gasteiger partial charge in [-0.1, -0.05) is 52.4 Å². The van der Waals surface area contributed by atoms with Crippen molar-refractivity contribution < 1.29 is 0 Å². The van der Waals surface area contributed by atoms with E-state index < -0.39 is 0 Å². The summed E-state index contributed by atoms with van der Waals surface area (Å²) in [6, 6.07) is 0.416. The minimum Gasteiger partial charge on any atom is -0.327 e. The van der Waals surface area contributed by atoms with Gasteiger partial charge in [-0.15, -0.1) is 0 Å². The van der Waals surface area contributed by atoms with E-state index in [4.69, 9.17) is 5.73 Å². The predicted molar refractivity (Wildman–Crippen MR) is 76.2 cm³/mol. The molecule has 102 valence electrons. The average molecular weight is 240 g/mol. The Morgan fingerprint density at radius 3 is 2.53 bits per heavy atom. The first-order chi connectivity index (χ1) is 8.19. The van der Waals surface area contributed by atoms with Crippen molar-refractivity contribution in [2.45, 2.75) is 77.7 Å². The fourth-order valence-corrected chi connectivity index (χ4v) is 2.88. The maximum absolute atomic E-state index is 6.17. The van der Waals surface area contributed by atoms with Gasteiger partial charge >= 0.3 is 0 Å². The van der Waals surface area contributed by atoms with Gasteiger partial charge in [-0.3, -0.25) is 0 Å². The second-order valence-electron chi connectivity index (χ2n) is 6.10. The van der Waals surface area contributed by atoms with Crippen LogP contribution in [-0.2, 0) is 0 Å². The van der Waals surface area contributed by atoms with E-state index in [9.17, 15) is 0 Å². The quantitative estimate of drug-likeness (QED) is 0.606. The second-order valence-corrected chi connectivity index (χ2v) is 6.10. The summed E-state index contributed by atoms with van der Waals surface area (Å²) in [7, 11) is 0. The van der Waals surface area contributed by atoms with Crippen LogP contribution < -0.4 is 11.1 Å². The fraction of sp³-hybridized carbons (Fsp3) is 1.00. The van der Waals surface area contributed by atoms with E-state index in [1.807, 2.05) is 0 Å². The average Bonchev–Trinajstić information content (AvgIpc) is 2.63. The molecule has 1 saturated carbocycles. The van der Waals surface area contributed by atoms with E-state index in [1.54, 1.807) is 0 Å². The molecule has 3 N–H and O–H groups in total. The highest BCUT2D eigenvalue weighted by molar-refractivity contribution is 4.92. The van der Waals surface area contributed by atoms with E-state index in [0.717, 1.165) is 6.54 Å². The molecule has 0 bridgehead atoms. The highest BCUT2D eigenvalue weighted by Gasteiger charge is 2.35. The van der Waals surface area contributed by atoms with Crippen LogP contribution in [0.4, 0.5) is 0 Å². The summed E-state index contributed by atoms with van der Waals surface area (Å²) < 4.78 is 0. The fourth-order valence-electron chi connectivity index (χ4n) is 2.88. The topological polar surface area (TPSA) is 38.0 Å². The van der Waals surface area contributed by atoms with Crippen molar-refractivity contribution in [2.75, 3.05) is 13.1 Å². The van der Waals surface area contributed by atoms with Crippen LogP contribution in [0.5, 0.6) is 0 Å². The van der Waals surface area contributed by atoms with E-state index in [-0.39, 0.29) is 0 Å². The summed E-state index contributed by atoms with van der Waals surface area (Å²) >= 11 is 0. The van der Waals surface area contributed by atoms with Crippen molar-refractivity contribution in [1.82, 2.24) is 5.32 Å². The number of rotatable bonds is 9. The van der Waals surface area contributed by atoms with Crippen molar-refractivity contribution in [3.8, 4) is 0 Å². The largest absolute Gasteiger partial charge is 0.327 e. The molecule has 0 aromatic carbocycles. The molecule has 0 radical (unpaired) electrons. The molecule has 2 unspecified atom stereocenters. The van der Waals surface area contributed by atoms with Crippen LogP contribution in [0.25, 0.3) is 0 Å². The van der Waals surface area contributed by atoms with Crippen molar-refractivity contribution in [3.63, 3.8) is 0 Å². The van der Waals surface area contributed by atoms with Gasteiger partial charge in [0.15, 0.2) is 0 Å². The zero-order valence-corrected chi connectivity index (χ0v) is 11.9. The molecule has 0 saturated heterocycles. The molecule has 1 aliphatic rings. The minimum atomic E-state index is 0.363. The summed E-state index contributed by atoms with van der Waals surface area (Å²) in [4.78, 5) is 0. The smallest absolute Gasteiger partial charge is 0.0105 e. The lowest BCUT2D eigenvalue weighted by Crippen LogP contribution is -2.42. The molecule has 17 heavy (non-hydrogen) atoms. The van der Waals surface area contributed by atoms with Crippen LogP contribution in [0.2, 0.25) is 0 Å². The monoisotopic (exact) mass is 240 g/mol. The molecule has 1 aliphatic carbocycles. The summed E-state index contributed by atoms with van der Waals surface area (Å²) in [5, 5.41) is 3.61. The lowest BCUT2D eigenvalue weighted by molar-refractivity contribution is 0.277. The van der Waals surface area contributed by atoms with Gasteiger partial charge in [0.2, 0.25) is 0 Å². The Balaban J connectivity index is 1.93. The van der Waals surface area contributed by atoms with Crippen molar-refractivity contribution in [3.05, 3.63) is 0 Å². The van der Waals surface area contributed by atoms with Crippen molar-refractivity contribution in [2.24, 2.45) is 11.1 Å². The van der Waals surface area contributed by atoms with Gasteiger partial charge in [-0.2, -0.15) is 0 Å². The molecule has 0 heterocycles. The van der Waals surface area contributed by atoms with Gasteiger partial charge in [-0.05, 0) is 31.2 Å². The molecule has 2 atom stereocenters. The summed E-state index contributed by atoms with van der Waals surface area (Å²) in [5.41, 5.74) is 6.53. The lowest BCUT2D eigenvalue weighted by Gasteiger charge is -2.29. The highest BCUT2D eigenvalue weighted by atomic mass is 14.9. The molecule has 0 amide bonds. The normalized spacial score (nSPS) is 28.8. The molecule has 0 aromatic heterocycles. The zero-order valence-electron chi connectivity index (χ0n) is 11.9. The Morgan fingerprint density at radius 1 is 1.18 bits per heavy atom. The predicted octanol–water partition coefficient (Wildman–Crippen LogP) is 3.45. The molecule has 0 aliphatic heterocycles. The lowest BCUT2D eigenvalue weighted by atomic mass is 9.85. The Kier molecular flexibility index (Phi) is 7.14. The molecule has 1 rings (SSSR count). The third kappa shape index (κ3) is 5.39. The molecule has 0 spiro atoms. The van der Waals surface area contributed by atoms with Gasteiger partial charge in [0.05, 0.1) is 0 Å². The van der Waals surface area contributed by atoms with Crippen molar-refractivity contribution in [1.29, 1.82) is 0 Å². The van der Waals surface area contributed by atoms with E-state index in [0.29, 0.717) is 11.5 Å². The van der Waals surface area contributed by atoms with E-state index >= 15 is 0 Å². The van der Waals surface area contributed by atoms with Crippen LogP contribution >= 0.6 is 0 Å². The third-order valence-electron chi connectivity index (χ3n) is 4.39. The van der Waals surface area contributed by atoms with Gasteiger partial charge in [-0.25, -0.2) is 0 Å². The van der Waals surface area contributed by atoms with Gasteiger partial charge in [0.25, 0.3) is 0 Å². The first-order valence-electron chi connectivity index (χ1n) is 7.65. The Morgan fingerprint density at radius 2 is 1.88 bits per heavy atom. The zero-order chi connectivity index (χ0) is 12.6. The SMILES string of the molecule is CCCCCCCCNCC1(C)CCCC1N. The molecule has 1 fully saturated rings. The standard InChI is InChI=1S/C15H32N2/c1-3-4-5-6-7-8-12-17-13-15(2)11-9-10-14(15)16/h14,17H,3-13,16H2,1-2H3. The summed E-state index contributed by atoms with van der Waals surface area (Å²) in [6.07, 6.45) is 12.1. The van der Waals surface area contributed by atoms with Crippen molar-refractivity contribution >= 4 is 0 Å². The maximum atomic E-state index is 6.17. The van der Waals surface area contributed by atoms with Crippen LogP contribution in [0.1, 0.15) is 71.6 Å². The van der Waals surface area contributed by atoms with Crippen LogP contribution in [0.3, 0.4) is 0 Å². The molecule has 0 aromatic rings. The first kappa shape index (κ1) is 15.0. The van der Waals surface area contributed by atoms with Crippen LogP contribution in [-0.4, -0.2) is 19.1 Å². The second kappa shape index (κ2) is 8.10. The number of nitrogens with one attached hydrogen (secondary N) is 1. The summed E-state index contributed by atoms with van der Waals surface area (Å²) in [6.45, 7) is 6.91. The van der Waals surface area contributed by atoms with Crippen LogP contribution in [0.15, 0.2) is 0 Å². The maximum Gasteiger partial charge on any atom is 0.0105 e. The number of hydrogen-bond acceptors (Lipinski definition) is 2. The first-order valence-corrected chi connectivity index (χ1v) is 7.65. The van der Waals surface area contributed by atoms with E-state index in [1.165, 1.54) is 64.3 Å². The number of unbranched alkanes of at least 4 members (excludes halogenated alkanes) is 5. The third-order valence-corrected chi connectivity index (χ3v) is 4.39. The van der Waals surface area contributed by atoms with Gasteiger partial charge in [0.1, 0.15) is 0 Å². The van der Waals surface area contributed by atoms with Gasteiger partial charge in [0, 0.05) is 12.6 Å². The molecular weight excluding hydrogens is 208 g/mol. The molecule has 2 heteroatoms. The molecule has 2 nitrogen and oxygen atoms in total. The Hall–Kier alpha value is -0.0800. The summed E-state index contributed by atoms with van der Waals surface area (Å²) in [5.74, 6) is 0. The minimum absolute atomic E-state index is 0.363. The Bertz CT molecular complexity index is 193. The highest BCUT2D eigenvalue weighted by Crippen LogP contribution is 2.35.